The number of nitrogens with two attached hydrogens (primary N) is 1. The molecule has 108 valence electrons. The fraction of sp³-hybridized carbons (Fsp3) is 0.0667. The molecule has 1 amide bonds. The van der Waals surface area contributed by atoms with Crippen molar-refractivity contribution in [2.24, 2.45) is 5.73 Å². The molecule has 21 heavy (non-hydrogen) atoms. The number of carbonyl (C=O) groups excluding carboxylic acids is 1. The molecule has 2 rings (SSSR count). The van der Waals surface area contributed by atoms with E-state index in [2.05, 4.69) is 21.2 Å². The molecule has 0 saturated heterocycles. The zero-order valence-electron chi connectivity index (χ0n) is 10.9. The number of thiocarbonyl (C=S) groups is 1. The van der Waals surface area contributed by atoms with Crippen LogP contribution in [0.3, 0.4) is 0 Å². The van der Waals surface area contributed by atoms with E-state index in [1.165, 1.54) is 18.2 Å². The average Bonchev–Trinajstić information content (AvgIpc) is 2.47. The fourth-order valence-electron chi connectivity index (χ4n) is 1.78. The van der Waals surface area contributed by atoms with Crippen molar-refractivity contribution >= 4 is 39.0 Å². The molecule has 0 aromatic heterocycles. The van der Waals surface area contributed by atoms with E-state index < -0.39 is 11.7 Å². The second kappa shape index (κ2) is 6.78. The average molecular weight is 367 g/mol. The Labute approximate surface area is 135 Å². The second-order valence-electron chi connectivity index (χ2n) is 4.37. The Balaban J connectivity index is 2.09. The first-order valence-corrected chi connectivity index (χ1v) is 7.29. The molecule has 2 aromatic carbocycles. The summed E-state index contributed by atoms with van der Waals surface area (Å²) in [5, 5.41) is 2.67. The summed E-state index contributed by atoms with van der Waals surface area (Å²) in [7, 11) is 0. The van der Waals surface area contributed by atoms with Crippen molar-refractivity contribution < 1.29 is 9.18 Å². The van der Waals surface area contributed by atoms with Gasteiger partial charge < -0.3 is 11.1 Å². The molecule has 0 atom stereocenters. The Hall–Kier alpha value is -1.79. The molecule has 0 radical (unpaired) electrons. The monoisotopic (exact) mass is 366 g/mol. The van der Waals surface area contributed by atoms with Crippen LogP contribution >= 0.6 is 28.1 Å². The maximum absolute atomic E-state index is 13.6. The van der Waals surface area contributed by atoms with Crippen molar-refractivity contribution in [1.29, 1.82) is 0 Å². The Morgan fingerprint density at radius 3 is 2.76 bits per heavy atom. The molecule has 3 N–H and O–H groups in total. The Kier molecular flexibility index (Phi) is 5.03. The van der Waals surface area contributed by atoms with Gasteiger partial charge in [0.05, 0.1) is 5.56 Å². The first kappa shape index (κ1) is 15.6. The summed E-state index contributed by atoms with van der Waals surface area (Å²) in [6, 6.07) is 11.4. The number of nitrogens with one attached hydrogen (secondary N) is 1. The van der Waals surface area contributed by atoms with Crippen LogP contribution in [0.15, 0.2) is 46.9 Å². The van der Waals surface area contributed by atoms with Crippen molar-refractivity contribution in [2.75, 3.05) is 0 Å². The topological polar surface area (TPSA) is 55.1 Å². The van der Waals surface area contributed by atoms with Gasteiger partial charge in [0.2, 0.25) is 0 Å². The van der Waals surface area contributed by atoms with Gasteiger partial charge in [0.1, 0.15) is 10.8 Å². The van der Waals surface area contributed by atoms with Gasteiger partial charge >= 0.3 is 0 Å². The first-order valence-electron chi connectivity index (χ1n) is 6.09. The van der Waals surface area contributed by atoms with Crippen molar-refractivity contribution in [3.8, 4) is 0 Å². The summed E-state index contributed by atoms with van der Waals surface area (Å²) < 4.78 is 14.2. The smallest absolute Gasteiger partial charge is 0.254 e. The van der Waals surface area contributed by atoms with Crippen molar-refractivity contribution in [1.82, 2.24) is 5.32 Å². The first-order chi connectivity index (χ1) is 9.97. The molecule has 0 aliphatic rings. The molecule has 0 bridgehead atoms. The highest BCUT2D eigenvalue weighted by atomic mass is 79.9. The predicted molar refractivity (Wildman–Crippen MR) is 87.6 cm³/mol. The minimum absolute atomic E-state index is 0.00475. The van der Waals surface area contributed by atoms with Crippen LogP contribution in [0.1, 0.15) is 21.5 Å². The van der Waals surface area contributed by atoms with Crippen molar-refractivity contribution in [3.05, 3.63) is 69.4 Å². The normalized spacial score (nSPS) is 10.2. The van der Waals surface area contributed by atoms with Gasteiger partial charge in [0, 0.05) is 16.6 Å². The van der Waals surface area contributed by atoms with E-state index in [9.17, 15) is 9.18 Å². The van der Waals surface area contributed by atoms with E-state index in [-0.39, 0.29) is 12.1 Å². The molecular weight excluding hydrogens is 355 g/mol. The minimum Gasteiger partial charge on any atom is -0.389 e. The third-order valence-electron chi connectivity index (χ3n) is 2.84. The van der Waals surface area contributed by atoms with Crippen LogP contribution in [0.2, 0.25) is 0 Å². The number of hydrogen-bond donors (Lipinski definition) is 2. The number of rotatable bonds is 4. The molecule has 2 aromatic rings. The number of benzene rings is 2. The van der Waals surface area contributed by atoms with E-state index in [0.29, 0.717) is 9.46 Å². The van der Waals surface area contributed by atoms with E-state index in [1.807, 2.05) is 6.07 Å². The quantitative estimate of drug-likeness (QED) is 0.817. The van der Waals surface area contributed by atoms with Gasteiger partial charge in [-0.2, -0.15) is 0 Å². The van der Waals surface area contributed by atoms with E-state index in [1.54, 1.807) is 18.2 Å². The minimum atomic E-state index is -0.562. The molecule has 6 heteroatoms. The molecule has 0 spiro atoms. The van der Waals surface area contributed by atoms with E-state index in [0.717, 1.165) is 11.1 Å². The Bertz CT molecular complexity index is 706. The third kappa shape index (κ3) is 4.09. The number of halogens is 2. The van der Waals surface area contributed by atoms with Gasteiger partial charge in [-0.1, -0.05) is 46.3 Å². The summed E-state index contributed by atoms with van der Waals surface area (Å²) in [6.07, 6.45) is 0. The van der Waals surface area contributed by atoms with Crippen LogP contribution in [-0.2, 0) is 6.54 Å². The van der Waals surface area contributed by atoms with Crippen LogP contribution in [0.4, 0.5) is 4.39 Å². The molecule has 0 fully saturated rings. The van der Waals surface area contributed by atoms with Gasteiger partial charge in [0.25, 0.3) is 5.91 Å². The highest BCUT2D eigenvalue weighted by Gasteiger charge is 2.11. The molecule has 0 unspecified atom stereocenters. The lowest BCUT2D eigenvalue weighted by Gasteiger charge is -2.08. The molecule has 0 aliphatic carbocycles. The highest BCUT2D eigenvalue weighted by molar-refractivity contribution is 9.10. The Morgan fingerprint density at radius 2 is 2.05 bits per heavy atom. The standard InChI is InChI=1S/C15H12BrFN2OS/c16-11-4-5-13(17)12(7-11)15(20)19-8-9-2-1-3-10(6-9)14(18)21/h1-7H,8H2,(H2,18,21)(H,19,20). The molecular formula is C15H12BrFN2OS. The summed E-state index contributed by atoms with van der Waals surface area (Å²) in [5.74, 6) is -1.04. The van der Waals surface area contributed by atoms with Gasteiger partial charge in [-0.3, -0.25) is 4.79 Å². The second-order valence-corrected chi connectivity index (χ2v) is 5.73. The van der Waals surface area contributed by atoms with E-state index in [4.69, 9.17) is 18.0 Å². The van der Waals surface area contributed by atoms with Crippen LogP contribution in [0.5, 0.6) is 0 Å². The van der Waals surface area contributed by atoms with Gasteiger partial charge in [-0.15, -0.1) is 0 Å². The molecule has 3 nitrogen and oxygen atoms in total. The SMILES string of the molecule is NC(=S)c1cccc(CNC(=O)c2cc(Br)ccc2F)c1. The predicted octanol–water partition coefficient (Wildman–Crippen LogP) is 3.15. The highest BCUT2D eigenvalue weighted by Crippen LogP contribution is 2.15. The summed E-state index contributed by atoms with van der Waals surface area (Å²) in [6.45, 7) is 0.265. The summed E-state index contributed by atoms with van der Waals surface area (Å²) >= 11 is 8.11. The molecule has 0 aliphatic heterocycles. The zero-order valence-corrected chi connectivity index (χ0v) is 13.3. The molecule has 0 heterocycles. The van der Waals surface area contributed by atoms with Gasteiger partial charge in [0.15, 0.2) is 0 Å². The van der Waals surface area contributed by atoms with Crippen LogP contribution in [0, 0.1) is 5.82 Å². The summed E-state index contributed by atoms with van der Waals surface area (Å²) in [4.78, 5) is 12.3. The van der Waals surface area contributed by atoms with E-state index >= 15 is 0 Å². The largest absolute Gasteiger partial charge is 0.389 e. The number of amides is 1. The maximum atomic E-state index is 13.6. The lowest BCUT2D eigenvalue weighted by molar-refractivity contribution is 0.0947. The fourth-order valence-corrected chi connectivity index (χ4v) is 2.27. The van der Waals surface area contributed by atoms with Gasteiger partial charge in [-0.05, 0) is 29.8 Å². The lowest BCUT2D eigenvalue weighted by Crippen LogP contribution is -2.24. The van der Waals surface area contributed by atoms with Crippen LogP contribution < -0.4 is 11.1 Å². The van der Waals surface area contributed by atoms with Crippen molar-refractivity contribution in [2.45, 2.75) is 6.54 Å². The number of hydrogen-bond acceptors (Lipinski definition) is 2. The Morgan fingerprint density at radius 1 is 1.29 bits per heavy atom. The lowest BCUT2D eigenvalue weighted by atomic mass is 10.1. The number of carbonyl (C=O) groups is 1. The van der Waals surface area contributed by atoms with Crippen LogP contribution in [-0.4, -0.2) is 10.9 Å². The maximum Gasteiger partial charge on any atom is 0.254 e. The van der Waals surface area contributed by atoms with Gasteiger partial charge in [-0.25, -0.2) is 4.39 Å². The molecule has 0 saturated carbocycles. The zero-order chi connectivity index (χ0) is 15.4. The van der Waals surface area contributed by atoms with Crippen molar-refractivity contribution in [3.63, 3.8) is 0 Å². The third-order valence-corrected chi connectivity index (χ3v) is 3.57. The van der Waals surface area contributed by atoms with Crippen LogP contribution in [0.25, 0.3) is 0 Å². The summed E-state index contributed by atoms with van der Waals surface area (Å²) in [5.41, 5.74) is 7.12.